The molecule has 1 spiro atoms. The van der Waals surface area contributed by atoms with E-state index in [1.165, 1.54) is 17.2 Å². The molecule has 51 heavy (non-hydrogen) atoms. The lowest BCUT2D eigenvalue weighted by Gasteiger charge is -2.44. The Balaban J connectivity index is 0.000000347. The van der Waals surface area contributed by atoms with E-state index in [4.69, 9.17) is 37.7 Å². The van der Waals surface area contributed by atoms with Crippen LogP contribution in [-0.2, 0) is 36.5 Å². The van der Waals surface area contributed by atoms with E-state index in [1.54, 1.807) is 33.2 Å². The van der Waals surface area contributed by atoms with Crippen molar-refractivity contribution in [2.24, 2.45) is 14.1 Å². The van der Waals surface area contributed by atoms with Crippen molar-refractivity contribution in [1.29, 1.82) is 0 Å². The van der Waals surface area contributed by atoms with Crippen molar-refractivity contribution in [3.63, 3.8) is 0 Å². The second-order valence-corrected chi connectivity index (χ2v) is 13.8. The van der Waals surface area contributed by atoms with Crippen LogP contribution in [0.4, 0.5) is 11.5 Å². The molecule has 1 aliphatic carbocycles. The van der Waals surface area contributed by atoms with E-state index in [1.807, 2.05) is 30.3 Å². The summed E-state index contributed by atoms with van der Waals surface area (Å²) >= 11 is 14.0. The van der Waals surface area contributed by atoms with Crippen LogP contribution >= 0.6 is 23.2 Å². The van der Waals surface area contributed by atoms with Gasteiger partial charge in [0.05, 0.1) is 34.1 Å². The lowest BCUT2D eigenvalue weighted by Crippen LogP contribution is -2.69. The summed E-state index contributed by atoms with van der Waals surface area (Å²) in [6.07, 6.45) is 3.02. The van der Waals surface area contributed by atoms with Crippen molar-refractivity contribution in [1.82, 2.24) is 29.7 Å². The number of amides is 1. The summed E-state index contributed by atoms with van der Waals surface area (Å²) in [5, 5.41) is 10.3. The number of hydrogen-bond acceptors (Lipinski definition) is 9. The fraction of sp³-hybridized carbons (Fsp3) is 0.324. The van der Waals surface area contributed by atoms with E-state index in [0.717, 1.165) is 59.3 Å². The smallest absolute Gasteiger partial charge is 0.330 e. The Hall–Kier alpha value is -4.75. The van der Waals surface area contributed by atoms with Gasteiger partial charge >= 0.3 is 5.69 Å². The van der Waals surface area contributed by atoms with Gasteiger partial charge in [-0.3, -0.25) is 18.7 Å². The largest absolute Gasteiger partial charge is 0.481 e. The van der Waals surface area contributed by atoms with E-state index in [0.29, 0.717) is 56.1 Å². The number of methoxy groups -OCH3 is 1. The number of anilines is 2. The Morgan fingerprint density at radius 2 is 1.65 bits per heavy atom. The van der Waals surface area contributed by atoms with E-state index in [2.05, 4.69) is 27.0 Å². The van der Waals surface area contributed by atoms with Gasteiger partial charge in [0.25, 0.3) is 5.56 Å². The number of nitrogens with zero attached hydrogens (tertiary/aromatic N) is 4. The molecule has 5 aromatic rings. The van der Waals surface area contributed by atoms with Crippen LogP contribution in [-0.4, -0.2) is 64.0 Å². The molecular weight excluding hydrogens is 693 g/mol. The third-order valence-corrected chi connectivity index (χ3v) is 10.5. The summed E-state index contributed by atoms with van der Waals surface area (Å²) in [6, 6.07) is 15.1. The maximum absolute atomic E-state index is 13.1. The number of pyridine rings is 2. The molecule has 0 saturated carbocycles. The van der Waals surface area contributed by atoms with Gasteiger partial charge in [-0.1, -0.05) is 53.5 Å². The van der Waals surface area contributed by atoms with Gasteiger partial charge < -0.3 is 25.4 Å². The van der Waals surface area contributed by atoms with Crippen molar-refractivity contribution in [3.05, 3.63) is 96.2 Å². The van der Waals surface area contributed by atoms with Gasteiger partial charge in [0.1, 0.15) is 23.4 Å². The number of morpholine rings is 1. The molecule has 0 atom stereocenters. The van der Waals surface area contributed by atoms with E-state index in [9.17, 15) is 14.4 Å². The fourth-order valence-corrected chi connectivity index (χ4v) is 7.37. The highest BCUT2D eigenvalue weighted by atomic mass is 35.5. The third kappa shape index (κ3) is 6.37. The van der Waals surface area contributed by atoms with Crippen LogP contribution < -0.4 is 31.9 Å². The topological polar surface area (TPSA) is 141 Å². The summed E-state index contributed by atoms with van der Waals surface area (Å²) in [5.41, 5.74) is 6.11. The minimum Gasteiger partial charge on any atom is -0.481 e. The van der Waals surface area contributed by atoms with Crippen molar-refractivity contribution in [3.8, 4) is 28.3 Å². The molecule has 2 saturated heterocycles. The van der Waals surface area contributed by atoms with Gasteiger partial charge in [-0.2, -0.15) is 0 Å². The quantitative estimate of drug-likeness (QED) is 0.235. The zero-order chi connectivity index (χ0) is 36.0. The molecule has 2 aromatic carbocycles. The van der Waals surface area contributed by atoms with Gasteiger partial charge in [0, 0.05) is 61.7 Å². The molecule has 0 unspecified atom stereocenters. The molecule has 0 bridgehead atoms. The number of aryl methyl sites for hydroxylation is 3. The Kier molecular flexibility index (Phi) is 9.36. The maximum atomic E-state index is 13.1. The summed E-state index contributed by atoms with van der Waals surface area (Å²) in [7, 11) is 4.71. The van der Waals surface area contributed by atoms with Crippen LogP contribution in [0.5, 0.6) is 5.88 Å². The minimum atomic E-state index is -0.446. The van der Waals surface area contributed by atoms with Gasteiger partial charge in [-0.15, -0.1) is 0 Å². The predicted octanol–water partition coefficient (Wildman–Crippen LogP) is 4.69. The second kappa shape index (κ2) is 13.8. The number of nitrogens with one attached hydrogen (secondary N) is 3. The molecule has 14 heteroatoms. The highest BCUT2D eigenvalue weighted by Gasteiger charge is 2.41. The Bertz CT molecular complexity index is 2320. The monoisotopic (exact) mass is 729 g/mol. The number of carbonyl (C=O) groups excluding carboxylic acids is 1. The number of rotatable bonds is 5. The molecule has 3 N–H and O–H groups in total. The summed E-state index contributed by atoms with van der Waals surface area (Å²) in [6.45, 7) is 4.43. The molecule has 1 amide bonds. The Labute approximate surface area is 303 Å². The van der Waals surface area contributed by atoms with Crippen LogP contribution in [0.3, 0.4) is 0 Å². The van der Waals surface area contributed by atoms with Gasteiger partial charge in [-0.05, 0) is 49.9 Å². The highest BCUT2D eigenvalue weighted by Crippen LogP contribution is 2.43. The van der Waals surface area contributed by atoms with Crippen molar-refractivity contribution in [2.45, 2.75) is 31.8 Å². The van der Waals surface area contributed by atoms with E-state index >= 15 is 0 Å². The predicted molar refractivity (Wildman–Crippen MR) is 199 cm³/mol. The molecule has 12 nitrogen and oxygen atoms in total. The maximum Gasteiger partial charge on any atom is 0.330 e. The van der Waals surface area contributed by atoms with Crippen LogP contribution in [0.2, 0.25) is 10.0 Å². The molecule has 2 aliphatic heterocycles. The van der Waals surface area contributed by atoms with Crippen molar-refractivity contribution in [2.75, 3.05) is 38.7 Å². The molecule has 2 fully saturated rings. The highest BCUT2D eigenvalue weighted by molar-refractivity contribution is 6.39. The van der Waals surface area contributed by atoms with Crippen LogP contribution in [0.15, 0.2) is 58.1 Å². The zero-order valence-corrected chi connectivity index (χ0v) is 30.2. The number of aromatic nitrogens is 4. The number of halogens is 2. The number of benzene rings is 2. The normalized spacial score (nSPS) is 15.8. The Morgan fingerprint density at radius 3 is 2.33 bits per heavy atom. The first-order valence-corrected chi connectivity index (χ1v) is 17.4. The SMILES string of the molecule is COc1nc(-c2cccc(-c3cccc(Nc4nc(C)cc5c4c(=O)n(C)c(=O)n5C)c3Cl)c2Cl)cc2c1CCC2.O=C1COC2(CNC2)CN1. The van der Waals surface area contributed by atoms with Crippen molar-refractivity contribution < 1.29 is 14.3 Å². The Morgan fingerprint density at radius 1 is 0.922 bits per heavy atom. The molecule has 264 valence electrons. The van der Waals surface area contributed by atoms with Crippen LogP contribution in [0, 0.1) is 6.92 Å². The average Bonchev–Trinajstić information content (AvgIpc) is 3.59. The van der Waals surface area contributed by atoms with Gasteiger partial charge in [0.15, 0.2) is 0 Å². The molecule has 3 aliphatic rings. The van der Waals surface area contributed by atoms with E-state index in [-0.39, 0.29) is 18.1 Å². The number of ether oxygens (including phenoxy) is 2. The first-order valence-electron chi connectivity index (χ1n) is 16.6. The summed E-state index contributed by atoms with van der Waals surface area (Å²) in [4.78, 5) is 45.7. The first-order chi connectivity index (χ1) is 24.5. The van der Waals surface area contributed by atoms with E-state index < -0.39 is 11.2 Å². The van der Waals surface area contributed by atoms with Crippen LogP contribution in [0.25, 0.3) is 33.3 Å². The lowest BCUT2D eigenvalue weighted by atomic mass is 9.96. The van der Waals surface area contributed by atoms with Crippen LogP contribution in [0.1, 0.15) is 23.2 Å². The van der Waals surface area contributed by atoms with Gasteiger partial charge in [-0.25, -0.2) is 14.8 Å². The first kappa shape index (κ1) is 34.7. The number of fused-ring (bicyclic) bond motifs is 2. The number of hydrogen-bond donors (Lipinski definition) is 3. The average molecular weight is 731 g/mol. The second-order valence-electron chi connectivity index (χ2n) is 13.0. The molecule has 3 aromatic heterocycles. The fourth-order valence-electron chi connectivity index (χ4n) is 6.77. The summed E-state index contributed by atoms with van der Waals surface area (Å²) < 4.78 is 13.4. The molecule has 8 rings (SSSR count). The zero-order valence-electron chi connectivity index (χ0n) is 28.7. The number of carbonyl (C=O) groups is 1. The molecule has 5 heterocycles. The minimum absolute atomic E-state index is 0.00229. The lowest BCUT2D eigenvalue weighted by molar-refractivity contribution is -0.150. The standard InChI is InChI=1S/C31H27Cl2N5O3.C6H10N2O2/c1-16-14-24-25(30(39)38(3)31(40)37(24)2)28(34-16)35-22-13-7-11-20(27(22)33)19-10-6-12-21(26(19)32)23-15-17-8-5-9-18(17)29(36-23)41-4;9-5-1-10-6(4-8-5)2-7-3-6/h6-7,10-15H,5,8-9H2,1-4H3,(H,34,35);7H,1-4H2,(H,8,9). The molecule has 0 radical (unpaired) electrons. The molecular formula is C37H37Cl2N7O5. The van der Waals surface area contributed by atoms with Gasteiger partial charge in [0.2, 0.25) is 11.8 Å². The third-order valence-electron chi connectivity index (χ3n) is 9.65. The van der Waals surface area contributed by atoms with Crippen molar-refractivity contribution >= 4 is 51.5 Å². The summed E-state index contributed by atoms with van der Waals surface area (Å²) in [5.74, 6) is 0.948.